The van der Waals surface area contributed by atoms with E-state index in [1.54, 1.807) is 24.3 Å². The third-order valence-electron chi connectivity index (χ3n) is 3.07. The smallest absolute Gasteiger partial charge is 0.193 e. The van der Waals surface area contributed by atoms with Crippen LogP contribution in [-0.2, 0) is 6.42 Å². The summed E-state index contributed by atoms with van der Waals surface area (Å²) in [5.41, 5.74) is -0.145. The van der Waals surface area contributed by atoms with Crippen molar-refractivity contribution in [2.45, 2.75) is 45.3 Å². The number of carbonyl (C=O) groups excluding carboxylic acids is 1. The van der Waals surface area contributed by atoms with Gasteiger partial charge >= 0.3 is 0 Å². The van der Waals surface area contributed by atoms with E-state index in [-0.39, 0.29) is 5.78 Å². The summed E-state index contributed by atoms with van der Waals surface area (Å²) < 4.78 is 0. The minimum atomic E-state index is -1.28. The van der Waals surface area contributed by atoms with E-state index in [0.29, 0.717) is 12.0 Å². The molecule has 0 heterocycles. The molecule has 0 saturated heterocycles. The average molecular weight is 314 g/mol. The van der Waals surface area contributed by atoms with Gasteiger partial charge in [0.05, 0.1) is 5.60 Å². The third-order valence-corrected chi connectivity index (χ3v) is 3.07. The van der Waals surface area contributed by atoms with E-state index in [4.69, 9.17) is 0 Å². The highest BCUT2D eigenvalue weighted by Gasteiger charge is 2.24. The number of aliphatic hydroxyl groups is 2. The predicted molar refractivity (Wildman–Crippen MR) is 93.5 cm³/mol. The first-order valence-electron chi connectivity index (χ1n) is 7.68. The van der Waals surface area contributed by atoms with Crippen molar-refractivity contribution in [3.8, 4) is 0 Å². The van der Waals surface area contributed by atoms with Gasteiger partial charge in [0.1, 0.15) is 5.60 Å². The van der Waals surface area contributed by atoms with Crippen molar-refractivity contribution in [2.75, 3.05) is 0 Å². The standard InChI is InChI=1S/C10H12O2.C10H14O/c1-10(2,12)9(11)8-6-4-3-5-7-8;1-10(2,11)8-9-6-4-3-5-7-9/h3-7,12H,1-2H3;3-7,11H,8H2,1-2H3. The molecule has 0 unspecified atom stereocenters. The van der Waals surface area contributed by atoms with Crippen molar-refractivity contribution in [3.63, 3.8) is 0 Å². The summed E-state index contributed by atoms with van der Waals surface area (Å²) in [6.07, 6.45) is 0.716. The molecule has 124 valence electrons. The lowest BCUT2D eigenvalue weighted by Crippen LogP contribution is -2.30. The SMILES string of the molecule is CC(C)(O)C(=O)c1ccccc1.CC(C)(O)Cc1ccccc1. The van der Waals surface area contributed by atoms with Crippen molar-refractivity contribution in [1.29, 1.82) is 0 Å². The van der Waals surface area contributed by atoms with Crippen molar-refractivity contribution in [2.24, 2.45) is 0 Å². The summed E-state index contributed by atoms with van der Waals surface area (Å²) in [7, 11) is 0. The Labute approximate surface area is 138 Å². The molecule has 0 saturated carbocycles. The molecule has 0 spiro atoms. The molecule has 2 aromatic carbocycles. The maximum absolute atomic E-state index is 11.4. The molecular weight excluding hydrogens is 288 g/mol. The van der Waals surface area contributed by atoms with Crippen LogP contribution in [0.1, 0.15) is 43.6 Å². The Morgan fingerprint density at radius 3 is 1.65 bits per heavy atom. The Bertz CT molecular complexity index is 590. The summed E-state index contributed by atoms with van der Waals surface area (Å²) in [6, 6.07) is 18.8. The maximum atomic E-state index is 11.4. The number of hydrogen-bond donors (Lipinski definition) is 2. The van der Waals surface area contributed by atoms with Gasteiger partial charge in [-0.15, -0.1) is 0 Å². The van der Waals surface area contributed by atoms with Gasteiger partial charge in [0, 0.05) is 12.0 Å². The molecule has 0 atom stereocenters. The first-order valence-corrected chi connectivity index (χ1v) is 7.68. The maximum Gasteiger partial charge on any atom is 0.193 e. The summed E-state index contributed by atoms with van der Waals surface area (Å²) in [6.45, 7) is 6.62. The minimum Gasteiger partial charge on any atom is -0.390 e. The van der Waals surface area contributed by atoms with Crippen LogP contribution in [0, 0.1) is 0 Å². The lowest BCUT2D eigenvalue weighted by atomic mass is 9.97. The summed E-state index contributed by atoms with van der Waals surface area (Å²) in [5, 5.41) is 18.9. The van der Waals surface area contributed by atoms with E-state index in [9.17, 15) is 15.0 Å². The zero-order valence-electron chi connectivity index (χ0n) is 14.3. The number of ketones is 1. The van der Waals surface area contributed by atoms with Crippen LogP contribution in [-0.4, -0.2) is 27.2 Å². The molecular formula is C20H26O3. The predicted octanol–water partition coefficient (Wildman–Crippen LogP) is 3.64. The van der Waals surface area contributed by atoms with Gasteiger partial charge in [-0.2, -0.15) is 0 Å². The highest BCUT2D eigenvalue weighted by Crippen LogP contribution is 2.12. The van der Waals surface area contributed by atoms with Gasteiger partial charge in [-0.05, 0) is 33.3 Å². The monoisotopic (exact) mass is 314 g/mol. The zero-order valence-corrected chi connectivity index (χ0v) is 14.3. The summed E-state index contributed by atoms with van der Waals surface area (Å²) in [4.78, 5) is 11.4. The second kappa shape index (κ2) is 8.04. The topological polar surface area (TPSA) is 57.5 Å². The first kappa shape index (κ1) is 19.1. The van der Waals surface area contributed by atoms with Gasteiger partial charge in [-0.25, -0.2) is 0 Å². The van der Waals surface area contributed by atoms with Crippen LogP contribution >= 0.6 is 0 Å². The largest absolute Gasteiger partial charge is 0.390 e. The Morgan fingerprint density at radius 1 is 0.826 bits per heavy atom. The minimum absolute atomic E-state index is 0.247. The molecule has 3 nitrogen and oxygen atoms in total. The Hall–Kier alpha value is -1.97. The van der Waals surface area contributed by atoms with Gasteiger partial charge in [-0.1, -0.05) is 60.7 Å². The molecule has 0 aromatic heterocycles. The quantitative estimate of drug-likeness (QED) is 0.847. The molecule has 3 heteroatoms. The fourth-order valence-electron chi connectivity index (χ4n) is 2.04. The van der Waals surface area contributed by atoms with E-state index >= 15 is 0 Å². The molecule has 0 aliphatic heterocycles. The van der Waals surface area contributed by atoms with Crippen LogP contribution in [0.4, 0.5) is 0 Å². The van der Waals surface area contributed by atoms with Gasteiger partial charge in [0.25, 0.3) is 0 Å². The van der Waals surface area contributed by atoms with E-state index in [1.165, 1.54) is 19.4 Å². The Morgan fingerprint density at radius 2 is 1.26 bits per heavy atom. The molecule has 0 bridgehead atoms. The van der Waals surface area contributed by atoms with Crippen LogP contribution in [0.2, 0.25) is 0 Å². The van der Waals surface area contributed by atoms with Crippen molar-refractivity contribution in [3.05, 3.63) is 71.8 Å². The third kappa shape index (κ3) is 7.73. The number of rotatable bonds is 4. The Balaban J connectivity index is 0.000000231. The van der Waals surface area contributed by atoms with E-state index < -0.39 is 11.2 Å². The summed E-state index contributed by atoms with van der Waals surface area (Å²) >= 11 is 0. The number of carbonyl (C=O) groups is 1. The fourth-order valence-corrected chi connectivity index (χ4v) is 2.04. The molecule has 2 aromatic rings. The van der Waals surface area contributed by atoms with Gasteiger partial charge in [0.2, 0.25) is 0 Å². The number of Topliss-reactive ketones (excluding diaryl/α,β-unsaturated/α-hetero) is 1. The van der Waals surface area contributed by atoms with Crippen LogP contribution in [0.25, 0.3) is 0 Å². The average Bonchev–Trinajstić information content (AvgIpc) is 2.46. The Kier molecular flexibility index (Phi) is 6.67. The van der Waals surface area contributed by atoms with Crippen LogP contribution < -0.4 is 0 Å². The lowest BCUT2D eigenvalue weighted by molar-refractivity contribution is 0.0488. The zero-order chi connectivity index (χ0) is 17.5. The molecule has 0 aliphatic carbocycles. The van der Waals surface area contributed by atoms with Crippen LogP contribution in [0.15, 0.2) is 60.7 Å². The van der Waals surface area contributed by atoms with Crippen LogP contribution in [0.5, 0.6) is 0 Å². The second-order valence-electron chi connectivity index (χ2n) is 6.73. The van der Waals surface area contributed by atoms with Crippen molar-refractivity contribution >= 4 is 5.78 Å². The first-order chi connectivity index (χ1) is 10.6. The van der Waals surface area contributed by atoms with E-state index in [0.717, 1.165) is 0 Å². The van der Waals surface area contributed by atoms with Gasteiger partial charge in [0.15, 0.2) is 5.78 Å². The van der Waals surface area contributed by atoms with Crippen LogP contribution in [0.3, 0.4) is 0 Å². The normalized spacial score (nSPS) is 11.4. The molecule has 0 fully saturated rings. The number of benzene rings is 2. The lowest BCUT2D eigenvalue weighted by Gasteiger charge is -2.16. The van der Waals surface area contributed by atoms with Crippen molar-refractivity contribution in [1.82, 2.24) is 0 Å². The fraction of sp³-hybridized carbons (Fsp3) is 0.350. The second-order valence-corrected chi connectivity index (χ2v) is 6.73. The molecule has 0 amide bonds. The van der Waals surface area contributed by atoms with E-state index in [1.807, 2.05) is 50.2 Å². The van der Waals surface area contributed by atoms with E-state index in [2.05, 4.69) is 0 Å². The highest BCUT2D eigenvalue weighted by molar-refractivity contribution is 6.01. The summed E-state index contributed by atoms with van der Waals surface area (Å²) in [5.74, 6) is -0.247. The molecule has 0 radical (unpaired) electrons. The highest BCUT2D eigenvalue weighted by atomic mass is 16.3. The molecule has 0 aliphatic rings. The molecule has 23 heavy (non-hydrogen) atoms. The van der Waals surface area contributed by atoms with Crippen molar-refractivity contribution < 1.29 is 15.0 Å². The van der Waals surface area contributed by atoms with Gasteiger partial charge in [-0.3, -0.25) is 4.79 Å². The molecule has 2 N–H and O–H groups in total. The number of hydrogen-bond acceptors (Lipinski definition) is 3. The molecule has 2 rings (SSSR count). The van der Waals surface area contributed by atoms with Gasteiger partial charge < -0.3 is 10.2 Å².